The first-order valence-electron chi connectivity index (χ1n) is 6.26. The zero-order valence-corrected chi connectivity index (χ0v) is 12.1. The van der Waals surface area contributed by atoms with Gasteiger partial charge in [-0.15, -0.1) is 0 Å². The molecule has 0 bridgehead atoms. The number of benzene rings is 2. The van der Waals surface area contributed by atoms with Gasteiger partial charge in [-0.2, -0.15) is 0 Å². The molecule has 1 aliphatic carbocycles. The monoisotopic (exact) mass is 310 g/mol. The molecule has 0 heterocycles. The van der Waals surface area contributed by atoms with Crippen LogP contribution in [-0.4, -0.2) is 8.42 Å². The predicted octanol–water partition coefficient (Wildman–Crippen LogP) is 3.94. The average Bonchev–Trinajstić information content (AvgIpc) is 2.82. The molecule has 2 aromatic rings. The number of hydrogen-bond donors (Lipinski definition) is 0. The zero-order valence-electron chi connectivity index (χ0n) is 10.5. The summed E-state index contributed by atoms with van der Waals surface area (Å²) >= 11 is 5.78. The minimum Gasteiger partial charge on any atom is -0.223 e. The Morgan fingerprint density at radius 3 is 2.50 bits per heavy atom. The van der Waals surface area contributed by atoms with Crippen molar-refractivity contribution in [3.05, 3.63) is 64.4 Å². The Morgan fingerprint density at radius 1 is 1.10 bits per heavy atom. The maximum Gasteiger partial charge on any atom is 0.185 e. The number of sulfone groups is 1. The fraction of sp³-hybridized carbons (Fsp3) is 0.200. The van der Waals surface area contributed by atoms with E-state index in [-0.39, 0.29) is 10.7 Å². The van der Waals surface area contributed by atoms with Crippen molar-refractivity contribution in [2.45, 2.75) is 23.0 Å². The lowest BCUT2D eigenvalue weighted by Crippen LogP contribution is -2.11. The molecule has 104 valence electrons. The van der Waals surface area contributed by atoms with E-state index < -0.39 is 15.1 Å². The number of fused-ring (bicyclic) bond motifs is 1. The lowest BCUT2D eigenvalue weighted by atomic mass is 10.1. The summed E-state index contributed by atoms with van der Waals surface area (Å²) in [7, 11) is -3.46. The van der Waals surface area contributed by atoms with Gasteiger partial charge < -0.3 is 0 Å². The number of rotatable bonds is 2. The molecule has 0 aromatic heterocycles. The van der Waals surface area contributed by atoms with E-state index in [9.17, 15) is 12.8 Å². The van der Waals surface area contributed by atoms with Crippen molar-refractivity contribution in [3.63, 3.8) is 0 Å². The molecule has 0 radical (unpaired) electrons. The summed E-state index contributed by atoms with van der Waals surface area (Å²) in [6, 6.07) is 10.5. The first kappa shape index (κ1) is 13.6. The number of halogens is 2. The van der Waals surface area contributed by atoms with Crippen LogP contribution in [0.25, 0.3) is 0 Å². The molecule has 0 N–H and O–H groups in total. The third-order valence-electron chi connectivity index (χ3n) is 3.64. The standard InChI is InChI=1S/C15H12ClFO2S/c16-11-2-5-13(6-3-11)20(18,19)15-8-1-10-9-12(17)4-7-14(10)15/h2-7,9,15H,1,8H2. The zero-order chi connectivity index (χ0) is 14.3. The van der Waals surface area contributed by atoms with E-state index in [1.165, 1.54) is 24.3 Å². The van der Waals surface area contributed by atoms with Crippen LogP contribution in [0.3, 0.4) is 0 Å². The third kappa shape index (κ3) is 2.23. The summed E-state index contributed by atoms with van der Waals surface area (Å²) in [6.07, 6.45) is 1.08. The molecule has 0 spiro atoms. The second-order valence-corrected chi connectivity index (χ2v) is 7.44. The minimum atomic E-state index is -3.46. The molecule has 0 saturated heterocycles. The molecule has 2 aromatic carbocycles. The highest BCUT2D eigenvalue weighted by molar-refractivity contribution is 7.91. The van der Waals surface area contributed by atoms with Gasteiger partial charge in [0.15, 0.2) is 9.84 Å². The molecular weight excluding hydrogens is 299 g/mol. The normalized spacial score (nSPS) is 18.0. The summed E-state index contributed by atoms with van der Waals surface area (Å²) in [6.45, 7) is 0. The van der Waals surface area contributed by atoms with E-state index >= 15 is 0 Å². The molecule has 5 heteroatoms. The van der Waals surface area contributed by atoms with Crippen molar-refractivity contribution < 1.29 is 12.8 Å². The molecule has 3 rings (SSSR count). The average molecular weight is 311 g/mol. The van der Waals surface area contributed by atoms with Gasteiger partial charge in [-0.05, 0) is 60.4 Å². The van der Waals surface area contributed by atoms with Gasteiger partial charge in [-0.1, -0.05) is 17.7 Å². The fourth-order valence-corrected chi connectivity index (χ4v) is 4.62. The van der Waals surface area contributed by atoms with Crippen LogP contribution >= 0.6 is 11.6 Å². The van der Waals surface area contributed by atoms with Crippen LogP contribution in [0.1, 0.15) is 22.8 Å². The van der Waals surface area contributed by atoms with Gasteiger partial charge in [0.2, 0.25) is 0 Å². The topological polar surface area (TPSA) is 34.1 Å². The van der Waals surface area contributed by atoms with Gasteiger partial charge in [0.1, 0.15) is 5.82 Å². The van der Waals surface area contributed by atoms with Gasteiger partial charge in [0.05, 0.1) is 10.1 Å². The smallest absolute Gasteiger partial charge is 0.185 e. The highest BCUT2D eigenvalue weighted by Crippen LogP contribution is 2.40. The molecule has 1 aliphatic rings. The SMILES string of the molecule is O=S(=O)(c1ccc(Cl)cc1)C1CCc2cc(F)ccc21. The van der Waals surface area contributed by atoms with Crippen LogP contribution in [0.2, 0.25) is 5.02 Å². The van der Waals surface area contributed by atoms with E-state index in [0.717, 1.165) is 5.56 Å². The van der Waals surface area contributed by atoms with Crippen LogP contribution in [0, 0.1) is 5.82 Å². The van der Waals surface area contributed by atoms with Crippen LogP contribution in [0.15, 0.2) is 47.4 Å². The number of aryl methyl sites for hydroxylation is 1. The summed E-state index contributed by atoms with van der Waals surface area (Å²) in [5, 5.41) is -0.0999. The lowest BCUT2D eigenvalue weighted by Gasteiger charge is -2.13. The van der Waals surface area contributed by atoms with Crippen molar-refractivity contribution in [2.24, 2.45) is 0 Å². The highest BCUT2D eigenvalue weighted by atomic mass is 35.5. The Labute approximate surface area is 122 Å². The molecule has 0 aliphatic heterocycles. The van der Waals surface area contributed by atoms with E-state index in [4.69, 9.17) is 11.6 Å². The predicted molar refractivity (Wildman–Crippen MR) is 76.1 cm³/mol. The Kier molecular flexibility index (Phi) is 3.30. The summed E-state index contributed by atoms with van der Waals surface area (Å²) in [5.41, 5.74) is 1.49. The molecule has 0 fully saturated rings. The third-order valence-corrected chi connectivity index (χ3v) is 6.06. The van der Waals surface area contributed by atoms with Crippen molar-refractivity contribution in [3.8, 4) is 0 Å². The van der Waals surface area contributed by atoms with Crippen LogP contribution in [0.5, 0.6) is 0 Å². The van der Waals surface area contributed by atoms with Crippen molar-refractivity contribution in [2.75, 3.05) is 0 Å². The van der Waals surface area contributed by atoms with Crippen LogP contribution < -0.4 is 0 Å². The maximum atomic E-state index is 13.2. The van der Waals surface area contributed by atoms with E-state index in [1.54, 1.807) is 18.2 Å². The minimum absolute atomic E-state index is 0.254. The van der Waals surface area contributed by atoms with Gasteiger partial charge in [0.25, 0.3) is 0 Å². The maximum absolute atomic E-state index is 13.2. The molecule has 2 nitrogen and oxygen atoms in total. The van der Waals surface area contributed by atoms with Gasteiger partial charge in [-0.3, -0.25) is 0 Å². The fourth-order valence-electron chi connectivity index (χ4n) is 2.66. The summed E-state index contributed by atoms with van der Waals surface area (Å²) in [4.78, 5) is 0.254. The second kappa shape index (κ2) is 4.86. The van der Waals surface area contributed by atoms with Crippen LogP contribution in [0.4, 0.5) is 4.39 Å². The van der Waals surface area contributed by atoms with Crippen molar-refractivity contribution >= 4 is 21.4 Å². The summed E-state index contributed by atoms with van der Waals surface area (Å²) in [5.74, 6) is -0.326. The largest absolute Gasteiger partial charge is 0.223 e. The molecule has 0 saturated carbocycles. The Hall–Kier alpha value is -1.39. The highest BCUT2D eigenvalue weighted by Gasteiger charge is 2.34. The molecule has 1 unspecified atom stereocenters. The Morgan fingerprint density at radius 2 is 1.80 bits per heavy atom. The van der Waals surface area contributed by atoms with E-state index in [1.807, 2.05) is 0 Å². The van der Waals surface area contributed by atoms with Gasteiger partial charge in [0, 0.05) is 5.02 Å². The summed E-state index contributed by atoms with van der Waals surface area (Å²) < 4.78 is 38.5. The van der Waals surface area contributed by atoms with Gasteiger partial charge in [-0.25, -0.2) is 12.8 Å². The van der Waals surface area contributed by atoms with E-state index in [0.29, 0.717) is 23.4 Å². The molecule has 20 heavy (non-hydrogen) atoms. The molecule has 1 atom stereocenters. The first-order chi connectivity index (χ1) is 9.48. The van der Waals surface area contributed by atoms with Gasteiger partial charge >= 0.3 is 0 Å². The van der Waals surface area contributed by atoms with Crippen molar-refractivity contribution in [1.29, 1.82) is 0 Å². The lowest BCUT2D eigenvalue weighted by molar-refractivity contribution is 0.580. The second-order valence-electron chi connectivity index (χ2n) is 4.87. The van der Waals surface area contributed by atoms with Crippen molar-refractivity contribution in [1.82, 2.24) is 0 Å². The number of hydrogen-bond acceptors (Lipinski definition) is 2. The quantitative estimate of drug-likeness (QED) is 0.842. The Balaban J connectivity index is 2.05. The van der Waals surface area contributed by atoms with Crippen LogP contribution in [-0.2, 0) is 16.3 Å². The Bertz CT molecular complexity index is 754. The van der Waals surface area contributed by atoms with E-state index in [2.05, 4.69) is 0 Å². The first-order valence-corrected chi connectivity index (χ1v) is 8.19. The molecule has 0 amide bonds. The molecular formula is C15H12ClFO2S.